The predicted molar refractivity (Wildman–Crippen MR) is 79.6 cm³/mol. The summed E-state index contributed by atoms with van der Waals surface area (Å²) < 4.78 is 1.09. The Hall–Kier alpha value is 0.01000. The van der Waals surface area contributed by atoms with Crippen molar-refractivity contribution in [1.29, 1.82) is 0 Å². The van der Waals surface area contributed by atoms with Gasteiger partial charge >= 0.3 is 0 Å². The van der Waals surface area contributed by atoms with Crippen molar-refractivity contribution in [2.24, 2.45) is 5.41 Å². The highest BCUT2D eigenvalue weighted by Crippen LogP contribution is 2.26. The van der Waals surface area contributed by atoms with Gasteiger partial charge in [-0.15, -0.1) is 11.8 Å². The standard InChI is InChI=1S/C14H21BrOS/c1-14(2,3)8-7-12(16)10-17-13-6-4-5-11(15)9-13/h4-6,9,12,16H,7-8,10H2,1-3H3. The molecule has 1 unspecified atom stereocenters. The van der Waals surface area contributed by atoms with E-state index in [2.05, 4.69) is 48.8 Å². The summed E-state index contributed by atoms with van der Waals surface area (Å²) in [6.45, 7) is 6.63. The van der Waals surface area contributed by atoms with Crippen LogP contribution in [0.5, 0.6) is 0 Å². The minimum absolute atomic E-state index is 0.210. The van der Waals surface area contributed by atoms with Crippen LogP contribution in [-0.4, -0.2) is 17.0 Å². The molecule has 0 heterocycles. The summed E-state index contributed by atoms with van der Waals surface area (Å²) in [5.74, 6) is 0.770. The summed E-state index contributed by atoms with van der Waals surface area (Å²) in [6, 6.07) is 8.20. The topological polar surface area (TPSA) is 20.2 Å². The average molecular weight is 317 g/mol. The van der Waals surface area contributed by atoms with Gasteiger partial charge in [-0.2, -0.15) is 0 Å². The van der Waals surface area contributed by atoms with Gasteiger partial charge in [0.15, 0.2) is 0 Å². The molecule has 0 aliphatic carbocycles. The second-order valence-electron chi connectivity index (χ2n) is 5.52. The fraction of sp³-hybridized carbons (Fsp3) is 0.571. The summed E-state index contributed by atoms with van der Waals surface area (Å²) in [7, 11) is 0. The number of aliphatic hydroxyl groups excluding tert-OH is 1. The Morgan fingerprint density at radius 3 is 2.65 bits per heavy atom. The van der Waals surface area contributed by atoms with E-state index in [1.807, 2.05) is 12.1 Å². The number of hydrogen-bond donors (Lipinski definition) is 1. The SMILES string of the molecule is CC(C)(C)CCC(O)CSc1cccc(Br)c1. The van der Waals surface area contributed by atoms with Gasteiger partial charge in [0.25, 0.3) is 0 Å². The van der Waals surface area contributed by atoms with Crippen LogP contribution in [0.4, 0.5) is 0 Å². The van der Waals surface area contributed by atoms with Gasteiger partial charge in [-0.1, -0.05) is 42.8 Å². The van der Waals surface area contributed by atoms with Gasteiger partial charge < -0.3 is 5.11 Å². The number of thioether (sulfide) groups is 1. The van der Waals surface area contributed by atoms with Crippen molar-refractivity contribution in [1.82, 2.24) is 0 Å². The lowest BCUT2D eigenvalue weighted by Crippen LogP contribution is -2.14. The van der Waals surface area contributed by atoms with E-state index in [4.69, 9.17) is 0 Å². The molecule has 0 aliphatic heterocycles. The molecule has 1 aromatic rings. The van der Waals surface area contributed by atoms with E-state index >= 15 is 0 Å². The largest absolute Gasteiger partial charge is 0.392 e. The normalized spacial score (nSPS) is 13.7. The van der Waals surface area contributed by atoms with Crippen LogP contribution in [0, 0.1) is 5.41 Å². The molecule has 1 nitrogen and oxygen atoms in total. The molecule has 3 heteroatoms. The molecule has 1 aromatic carbocycles. The number of rotatable bonds is 5. The van der Waals surface area contributed by atoms with E-state index in [9.17, 15) is 5.11 Å². The van der Waals surface area contributed by atoms with Crippen molar-refractivity contribution in [3.05, 3.63) is 28.7 Å². The number of halogens is 1. The van der Waals surface area contributed by atoms with Crippen molar-refractivity contribution in [3.8, 4) is 0 Å². The highest BCUT2D eigenvalue weighted by Gasteiger charge is 2.13. The Morgan fingerprint density at radius 1 is 1.35 bits per heavy atom. The third kappa shape index (κ3) is 7.12. The third-order valence-corrected chi connectivity index (χ3v) is 4.10. The summed E-state index contributed by atoms with van der Waals surface area (Å²) in [5, 5.41) is 9.91. The molecule has 1 rings (SSSR count). The van der Waals surface area contributed by atoms with Crippen molar-refractivity contribution in [2.45, 2.75) is 44.6 Å². The molecule has 0 bridgehead atoms. The third-order valence-electron chi connectivity index (χ3n) is 2.47. The van der Waals surface area contributed by atoms with Gasteiger partial charge in [-0.25, -0.2) is 0 Å². The number of hydrogen-bond acceptors (Lipinski definition) is 2. The predicted octanol–water partition coefficient (Wildman–Crippen LogP) is 4.73. The lowest BCUT2D eigenvalue weighted by Gasteiger charge is -2.20. The zero-order valence-electron chi connectivity index (χ0n) is 10.7. The molecule has 1 N–H and O–H groups in total. The van der Waals surface area contributed by atoms with Crippen molar-refractivity contribution < 1.29 is 5.11 Å². The molecular formula is C14H21BrOS. The van der Waals surface area contributed by atoms with Gasteiger partial charge in [-0.05, 0) is 36.5 Å². The molecule has 96 valence electrons. The highest BCUT2D eigenvalue weighted by atomic mass is 79.9. The zero-order chi connectivity index (χ0) is 12.9. The van der Waals surface area contributed by atoms with E-state index in [1.165, 1.54) is 4.90 Å². The van der Waals surface area contributed by atoms with E-state index in [0.717, 1.165) is 23.1 Å². The van der Waals surface area contributed by atoms with Crippen molar-refractivity contribution in [3.63, 3.8) is 0 Å². The van der Waals surface area contributed by atoms with E-state index in [0.29, 0.717) is 5.41 Å². The Kier molecular flexibility index (Phi) is 6.04. The molecule has 0 radical (unpaired) electrons. The van der Waals surface area contributed by atoms with Crippen LogP contribution in [0.25, 0.3) is 0 Å². The van der Waals surface area contributed by atoms with Crippen LogP contribution in [-0.2, 0) is 0 Å². The number of aliphatic hydroxyl groups is 1. The molecule has 0 spiro atoms. The first-order chi connectivity index (χ1) is 7.87. The quantitative estimate of drug-likeness (QED) is 0.792. The lowest BCUT2D eigenvalue weighted by molar-refractivity contribution is 0.167. The second kappa shape index (κ2) is 6.81. The lowest BCUT2D eigenvalue weighted by atomic mass is 9.89. The first kappa shape index (κ1) is 15.1. The van der Waals surface area contributed by atoms with Crippen LogP contribution in [0.3, 0.4) is 0 Å². The average Bonchev–Trinajstić information content (AvgIpc) is 2.23. The maximum atomic E-state index is 9.91. The van der Waals surface area contributed by atoms with E-state index in [-0.39, 0.29) is 6.10 Å². The van der Waals surface area contributed by atoms with Gasteiger partial charge in [0.1, 0.15) is 0 Å². The zero-order valence-corrected chi connectivity index (χ0v) is 13.1. The van der Waals surface area contributed by atoms with Gasteiger partial charge in [0.2, 0.25) is 0 Å². The Morgan fingerprint density at radius 2 is 2.06 bits per heavy atom. The molecule has 0 saturated heterocycles. The molecule has 0 saturated carbocycles. The molecule has 17 heavy (non-hydrogen) atoms. The first-order valence-corrected chi connectivity index (χ1v) is 7.71. The van der Waals surface area contributed by atoms with Gasteiger partial charge in [-0.3, -0.25) is 0 Å². The fourth-order valence-corrected chi connectivity index (χ4v) is 2.92. The first-order valence-electron chi connectivity index (χ1n) is 5.93. The fourth-order valence-electron chi connectivity index (χ4n) is 1.43. The van der Waals surface area contributed by atoms with Crippen molar-refractivity contribution in [2.75, 3.05) is 5.75 Å². The Balaban J connectivity index is 2.31. The van der Waals surface area contributed by atoms with E-state index in [1.54, 1.807) is 11.8 Å². The molecule has 0 aromatic heterocycles. The van der Waals surface area contributed by atoms with Gasteiger partial charge in [0, 0.05) is 15.1 Å². The minimum atomic E-state index is -0.210. The molecule has 0 fully saturated rings. The Bertz CT molecular complexity index is 346. The van der Waals surface area contributed by atoms with Crippen molar-refractivity contribution >= 4 is 27.7 Å². The van der Waals surface area contributed by atoms with Crippen LogP contribution in [0.15, 0.2) is 33.6 Å². The summed E-state index contributed by atoms with van der Waals surface area (Å²) in [5.41, 5.74) is 0.307. The smallest absolute Gasteiger partial charge is 0.0634 e. The summed E-state index contributed by atoms with van der Waals surface area (Å²) >= 11 is 5.16. The molecule has 0 amide bonds. The summed E-state index contributed by atoms with van der Waals surface area (Å²) in [4.78, 5) is 1.20. The molecule has 1 atom stereocenters. The van der Waals surface area contributed by atoms with Gasteiger partial charge in [0.05, 0.1) is 6.10 Å². The monoisotopic (exact) mass is 316 g/mol. The minimum Gasteiger partial charge on any atom is -0.392 e. The maximum Gasteiger partial charge on any atom is 0.0634 e. The summed E-state index contributed by atoms with van der Waals surface area (Å²) in [6.07, 6.45) is 1.73. The van der Waals surface area contributed by atoms with Crippen LogP contribution in [0.2, 0.25) is 0 Å². The van der Waals surface area contributed by atoms with Crippen LogP contribution < -0.4 is 0 Å². The molecule has 0 aliphatic rings. The maximum absolute atomic E-state index is 9.91. The number of benzene rings is 1. The molecular weight excluding hydrogens is 296 g/mol. The van der Waals surface area contributed by atoms with E-state index < -0.39 is 0 Å². The highest BCUT2D eigenvalue weighted by molar-refractivity contribution is 9.10. The van der Waals surface area contributed by atoms with Crippen LogP contribution >= 0.6 is 27.7 Å². The second-order valence-corrected chi connectivity index (χ2v) is 7.53. The van der Waals surface area contributed by atoms with Crippen LogP contribution in [0.1, 0.15) is 33.6 Å². The Labute approximate surface area is 117 Å².